The molecule has 0 fully saturated rings. The van der Waals surface area contributed by atoms with Crippen LogP contribution < -0.4 is 15.9 Å². The number of aromatic amines is 1. The van der Waals surface area contributed by atoms with E-state index in [0.717, 1.165) is 22.9 Å². The number of halogens is 1. The van der Waals surface area contributed by atoms with Crippen LogP contribution in [-0.2, 0) is 11.0 Å². The first-order valence-corrected chi connectivity index (χ1v) is 12.5. The first-order chi connectivity index (χ1) is 14.4. The number of nitrogens with one attached hydrogen (secondary N) is 3. The molecule has 0 aliphatic rings. The van der Waals surface area contributed by atoms with E-state index in [1.807, 2.05) is 42.6 Å². The second-order valence-corrected chi connectivity index (χ2v) is 10.9. The first kappa shape index (κ1) is 20.4. The van der Waals surface area contributed by atoms with Gasteiger partial charge in [0.05, 0.1) is 0 Å². The van der Waals surface area contributed by atoms with Gasteiger partial charge in [-0.3, -0.25) is 0 Å². The van der Waals surface area contributed by atoms with Crippen LogP contribution in [0.15, 0.2) is 54.7 Å². The molecule has 0 saturated carbocycles. The zero-order valence-electron chi connectivity index (χ0n) is 16.7. The maximum atomic E-state index is 12.2. The van der Waals surface area contributed by atoms with E-state index in [1.165, 1.54) is 10.9 Å². The molecule has 154 valence electrons. The molecule has 0 spiro atoms. The van der Waals surface area contributed by atoms with Crippen molar-refractivity contribution in [2.45, 2.75) is 6.42 Å². The summed E-state index contributed by atoms with van der Waals surface area (Å²) in [6, 6.07) is 15.6. The van der Waals surface area contributed by atoms with Gasteiger partial charge in [-0.1, -0.05) is 18.2 Å². The van der Waals surface area contributed by atoms with Crippen LogP contribution in [0.1, 0.15) is 5.56 Å². The second-order valence-electron chi connectivity index (χ2n) is 7.31. The van der Waals surface area contributed by atoms with Crippen molar-refractivity contribution in [3.05, 3.63) is 65.6 Å². The predicted octanol–water partition coefficient (Wildman–Crippen LogP) is 4.65. The van der Waals surface area contributed by atoms with Gasteiger partial charge in [0.1, 0.15) is 7.14 Å². The third-order valence-corrected chi connectivity index (χ3v) is 6.42. The van der Waals surface area contributed by atoms with Gasteiger partial charge in [0.15, 0.2) is 0 Å². The highest BCUT2D eigenvalue weighted by atomic mass is 35.5. The van der Waals surface area contributed by atoms with E-state index in [1.54, 1.807) is 13.3 Å². The Bertz CT molecular complexity index is 1220. The number of fused-ring (bicyclic) bond motifs is 1. The van der Waals surface area contributed by atoms with Crippen LogP contribution in [0, 0.1) is 0 Å². The van der Waals surface area contributed by atoms with Crippen molar-refractivity contribution >= 4 is 52.5 Å². The number of rotatable bonds is 7. The SMILES string of the molecule is CP(C)(=O)c1ccc(Nc2nc(Cl)nc(NCCc3c[nH]c4ccccc34)n2)cc1. The van der Waals surface area contributed by atoms with Crippen LogP contribution in [0.3, 0.4) is 0 Å². The van der Waals surface area contributed by atoms with Crippen molar-refractivity contribution in [3.8, 4) is 0 Å². The molecule has 4 aromatic rings. The Morgan fingerprint density at radius 1 is 1.00 bits per heavy atom. The fraction of sp³-hybridized carbons (Fsp3) is 0.190. The van der Waals surface area contributed by atoms with Crippen LogP contribution in [0.5, 0.6) is 0 Å². The Balaban J connectivity index is 1.42. The average molecular weight is 441 g/mol. The summed E-state index contributed by atoms with van der Waals surface area (Å²) in [7, 11) is -2.29. The molecule has 2 aromatic heterocycles. The summed E-state index contributed by atoms with van der Waals surface area (Å²) in [6.45, 7) is 4.14. The van der Waals surface area contributed by atoms with Crippen molar-refractivity contribution < 1.29 is 4.57 Å². The molecule has 0 unspecified atom stereocenters. The molecular weight excluding hydrogens is 419 g/mol. The smallest absolute Gasteiger partial charge is 0.233 e. The maximum Gasteiger partial charge on any atom is 0.233 e. The lowest BCUT2D eigenvalue weighted by Gasteiger charge is -2.10. The zero-order valence-corrected chi connectivity index (χ0v) is 18.3. The Morgan fingerprint density at radius 3 is 2.50 bits per heavy atom. The summed E-state index contributed by atoms with van der Waals surface area (Å²) in [5.41, 5.74) is 3.12. The minimum atomic E-state index is -2.29. The summed E-state index contributed by atoms with van der Waals surface area (Å²) in [5, 5.41) is 8.45. The van der Waals surface area contributed by atoms with E-state index >= 15 is 0 Å². The molecule has 2 aromatic carbocycles. The average Bonchev–Trinajstić information content (AvgIpc) is 3.11. The molecule has 7 nitrogen and oxygen atoms in total. The largest absolute Gasteiger partial charge is 0.361 e. The summed E-state index contributed by atoms with van der Waals surface area (Å²) in [4.78, 5) is 15.9. The van der Waals surface area contributed by atoms with E-state index in [4.69, 9.17) is 11.6 Å². The van der Waals surface area contributed by atoms with Gasteiger partial charge in [0.25, 0.3) is 0 Å². The number of benzene rings is 2. The van der Waals surface area contributed by atoms with Crippen molar-refractivity contribution in [1.82, 2.24) is 19.9 Å². The van der Waals surface area contributed by atoms with Gasteiger partial charge >= 0.3 is 0 Å². The fourth-order valence-corrected chi connectivity index (χ4v) is 4.19. The highest BCUT2D eigenvalue weighted by molar-refractivity contribution is 7.70. The maximum absolute atomic E-state index is 12.2. The van der Waals surface area contributed by atoms with E-state index in [9.17, 15) is 4.57 Å². The van der Waals surface area contributed by atoms with Gasteiger partial charge in [-0.25, -0.2) is 0 Å². The number of hydrogen-bond donors (Lipinski definition) is 3. The van der Waals surface area contributed by atoms with Gasteiger partial charge in [0, 0.05) is 34.6 Å². The van der Waals surface area contributed by atoms with Gasteiger partial charge < -0.3 is 20.2 Å². The zero-order chi connectivity index (χ0) is 21.1. The molecule has 4 rings (SSSR count). The van der Waals surface area contributed by atoms with Gasteiger partial charge in [-0.2, -0.15) is 15.0 Å². The Morgan fingerprint density at radius 2 is 1.73 bits per heavy atom. The normalized spacial score (nSPS) is 11.6. The highest BCUT2D eigenvalue weighted by Crippen LogP contribution is 2.34. The van der Waals surface area contributed by atoms with Crippen molar-refractivity contribution in [2.75, 3.05) is 30.5 Å². The molecule has 0 amide bonds. The number of H-pyrrole nitrogens is 1. The minimum absolute atomic E-state index is 0.102. The summed E-state index contributed by atoms with van der Waals surface area (Å²) in [5.74, 6) is 0.745. The van der Waals surface area contributed by atoms with E-state index < -0.39 is 7.14 Å². The lowest BCUT2D eigenvalue weighted by atomic mass is 10.1. The minimum Gasteiger partial charge on any atom is -0.361 e. The predicted molar refractivity (Wildman–Crippen MR) is 124 cm³/mol. The second kappa shape index (κ2) is 8.46. The van der Waals surface area contributed by atoms with E-state index in [0.29, 0.717) is 18.4 Å². The lowest BCUT2D eigenvalue weighted by molar-refractivity contribution is 0.588. The van der Waals surface area contributed by atoms with Crippen LogP contribution >= 0.6 is 18.7 Å². The standard InChI is InChI=1S/C21H22ClN6OP/c1-30(2,29)16-9-7-15(8-10-16)25-21-27-19(22)26-20(28-21)23-12-11-14-13-24-18-6-4-3-5-17(14)18/h3-10,13,24H,11-12H2,1-2H3,(H2,23,25,26,27,28). The molecule has 0 bridgehead atoms. The Labute approximate surface area is 179 Å². The lowest BCUT2D eigenvalue weighted by Crippen LogP contribution is -2.10. The topological polar surface area (TPSA) is 95.6 Å². The molecule has 0 saturated heterocycles. The molecule has 0 atom stereocenters. The van der Waals surface area contributed by atoms with Gasteiger partial charge in [-0.15, -0.1) is 0 Å². The number of aromatic nitrogens is 4. The fourth-order valence-electron chi connectivity index (χ4n) is 3.17. The Kier molecular flexibility index (Phi) is 5.75. The summed E-state index contributed by atoms with van der Waals surface area (Å²) >= 11 is 6.07. The number of nitrogens with zero attached hydrogens (tertiary/aromatic N) is 3. The van der Waals surface area contributed by atoms with E-state index in [2.05, 4.69) is 42.7 Å². The van der Waals surface area contributed by atoms with Crippen LogP contribution in [0.4, 0.5) is 17.6 Å². The van der Waals surface area contributed by atoms with Crippen molar-refractivity contribution in [3.63, 3.8) is 0 Å². The quantitative estimate of drug-likeness (QED) is 0.362. The Hall–Kier alpha value is -2.89. The van der Waals surface area contributed by atoms with Crippen LogP contribution in [-0.4, -0.2) is 39.8 Å². The third-order valence-electron chi connectivity index (χ3n) is 4.71. The molecule has 30 heavy (non-hydrogen) atoms. The summed E-state index contributed by atoms with van der Waals surface area (Å²) < 4.78 is 12.2. The van der Waals surface area contributed by atoms with E-state index in [-0.39, 0.29) is 5.28 Å². The van der Waals surface area contributed by atoms with Crippen LogP contribution in [0.2, 0.25) is 5.28 Å². The first-order valence-electron chi connectivity index (χ1n) is 9.51. The number of hydrogen-bond acceptors (Lipinski definition) is 6. The number of anilines is 3. The molecule has 9 heteroatoms. The molecule has 0 aliphatic heterocycles. The van der Waals surface area contributed by atoms with Gasteiger partial charge in [-0.05, 0) is 67.2 Å². The molecular formula is C21H22ClN6OP. The molecule has 3 N–H and O–H groups in total. The van der Waals surface area contributed by atoms with Crippen LogP contribution in [0.25, 0.3) is 10.9 Å². The molecule has 0 aliphatic carbocycles. The monoisotopic (exact) mass is 440 g/mol. The van der Waals surface area contributed by atoms with Crippen molar-refractivity contribution in [2.24, 2.45) is 0 Å². The summed E-state index contributed by atoms with van der Waals surface area (Å²) in [6.07, 6.45) is 2.83. The molecule has 0 radical (unpaired) electrons. The number of para-hydroxylation sites is 1. The van der Waals surface area contributed by atoms with Crippen molar-refractivity contribution in [1.29, 1.82) is 0 Å². The molecule has 2 heterocycles. The van der Waals surface area contributed by atoms with Gasteiger partial charge in [0.2, 0.25) is 17.2 Å². The third kappa shape index (κ3) is 4.81. The highest BCUT2D eigenvalue weighted by Gasteiger charge is 2.11.